The first kappa shape index (κ1) is 18.2. The predicted octanol–water partition coefficient (Wildman–Crippen LogP) is 3.51. The van der Waals surface area contributed by atoms with E-state index in [1.807, 2.05) is 0 Å². The molecule has 0 N–H and O–H groups in total. The molecule has 5 heteroatoms. The summed E-state index contributed by atoms with van der Waals surface area (Å²) in [5, 5.41) is 0.350. The van der Waals surface area contributed by atoms with Crippen LogP contribution in [-0.2, 0) is 13.6 Å². The molecule has 3 nitrogen and oxygen atoms in total. The number of thioether (sulfide) groups is 1. The molecule has 0 aliphatic heterocycles. The van der Waals surface area contributed by atoms with Gasteiger partial charge < -0.3 is 8.85 Å². The molecule has 0 aliphatic rings. The molecule has 18 heavy (non-hydrogen) atoms. The van der Waals surface area contributed by atoms with Gasteiger partial charge in [0, 0.05) is 26.4 Å². The average molecular weight is 293 g/mol. The second-order valence-corrected chi connectivity index (χ2v) is 8.61. The number of carbonyl (C=O) groups excluding carboxylic acids is 1. The Morgan fingerprint density at radius 2 is 1.89 bits per heavy atom. The van der Waals surface area contributed by atoms with Crippen LogP contribution in [0.4, 0.5) is 0 Å². The first-order valence-corrected chi connectivity index (χ1v) is 9.46. The summed E-state index contributed by atoms with van der Waals surface area (Å²) < 4.78 is 10.7. The Kier molecular flexibility index (Phi) is 12.3. The van der Waals surface area contributed by atoms with Crippen molar-refractivity contribution < 1.29 is 13.6 Å². The average Bonchev–Trinajstić information content (AvgIpc) is 2.36. The topological polar surface area (TPSA) is 35.5 Å². The minimum absolute atomic E-state index is 0.350. The van der Waals surface area contributed by atoms with Crippen LogP contribution in [0.5, 0.6) is 0 Å². The van der Waals surface area contributed by atoms with Crippen LogP contribution in [-0.4, -0.2) is 34.4 Å². The van der Waals surface area contributed by atoms with Gasteiger partial charge in [-0.25, -0.2) is 0 Å². The normalized spacial score (nSPS) is 12.9. The molecule has 108 valence electrons. The van der Waals surface area contributed by atoms with E-state index in [9.17, 15) is 4.79 Å². The fraction of sp³-hybridized carbons (Fsp3) is 0.923. The van der Waals surface area contributed by atoms with Crippen molar-refractivity contribution >= 4 is 26.2 Å². The van der Waals surface area contributed by atoms with Crippen LogP contribution in [0.25, 0.3) is 0 Å². The van der Waals surface area contributed by atoms with Gasteiger partial charge in [-0.3, -0.25) is 4.79 Å². The molecule has 0 spiro atoms. The van der Waals surface area contributed by atoms with Gasteiger partial charge in [0.15, 0.2) is 5.12 Å². The summed E-state index contributed by atoms with van der Waals surface area (Å²) in [6.07, 6.45) is 6.28. The lowest BCUT2D eigenvalue weighted by atomic mass is 10.2. The molecule has 1 atom stereocenters. The Bertz CT molecular complexity index is 210. The molecular formula is C13H28O3SSi. The number of carbonyl (C=O) groups is 1. The van der Waals surface area contributed by atoms with Crippen molar-refractivity contribution in [2.75, 3.05) is 20.0 Å². The van der Waals surface area contributed by atoms with E-state index < -0.39 is 9.28 Å². The minimum Gasteiger partial charge on any atom is -0.400 e. The fourth-order valence-electron chi connectivity index (χ4n) is 1.88. The van der Waals surface area contributed by atoms with Crippen LogP contribution in [0.1, 0.15) is 52.4 Å². The maximum absolute atomic E-state index is 11.5. The van der Waals surface area contributed by atoms with Crippen LogP contribution in [0.3, 0.4) is 0 Å². The second kappa shape index (κ2) is 12.2. The van der Waals surface area contributed by atoms with Crippen molar-refractivity contribution in [2.24, 2.45) is 0 Å². The molecular weight excluding hydrogens is 264 g/mol. The summed E-state index contributed by atoms with van der Waals surface area (Å²) in [4.78, 5) is 11.5. The molecule has 0 aromatic carbocycles. The van der Waals surface area contributed by atoms with Crippen LogP contribution in [0.2, 0.25) is 5.54 Å². The smallest absolute Gasteiger partial charge is 0.323 e. The van der Waals surface area contributed by atoms with Gasteiger partial charge in [0.2, 0.25) is 0 Å². The first-order chi connectivity index (χ1) is 8.65. The van der Waals surface area contributed by atoms with Crippen molar-refractivity contribution in [3.8, 4) is 0 Å². The zero-order valence-electron chi connectivity index (χ0n) is 12.2. The third-order valence-corrected chi connectivity index (χ3v) is 6.19. The maximum atomic E-state index is 11.5. The summed E-state index contributed by atoms with van der Waals surface area (Å²) >= 11 is 1.49. The molecule has 0 fully saturated rings. The highest BCUT2D eigenvalue weighted by atomic mass is 32.2. The van der Waals surface area contributed by atoms with Crippen LogP contribution in [0, 0.1) is 0 Å². The maximum Gasteiger partial charge on any atom is 0.323 e. The molecule has 0 bridgehead atoms. The summed E-state index contributed by atoms with van der Waals surface area (Å²) in [6.45, 7) is 4.34. The van der Waals surface area contributed by atoms with Gasteiger partial charge >= 0.3 is 9.28 Å². The Hall–Kier alpha value is 0.157. The van der Waals surface area contributed by atoms with Gasteiger partial charge in [-0.05, 0) is 24.8 Å². The van der Waals surface area contributed by atoms with Crippen LogP contribution in [0.15, 0.2) is 0 Å². The van der Waals surface area contributed by atoms with Gasteiger partial charge in [-0.1, -0.05) is 38.5 Å². The fourth-order valence-corrected chi connectivity index (χ4v) is 4.34. The van der Waals surface area contributed by atoms with Gasteiger partial charge in [0.25, 0.3) is 0 Å². The van der Waals surface area contributed by atoms with Crippen LogP contribution < -0.4 is 0 Å². The molecule has 0 saturated heterocycles. The highest BCUT2D eigenvalue weighted by Gasteiger charge is 2.19. The van der Waals surface area contributed by atoms with E-state index in [1.54, 1.807) is 14.2 Å². The van der Waals surface area contributed by atoms with Gasteiger partial charge in [-0.2, -0.15) is 0 Å². The lowest BCUT2D eigenvalue weighted by Crippen LogP contribution is -2.24. The number of unbranched alkanes of at least 4 members (excludes halogenated alkanes) is 2. The third kappa shape index (κ3) is 9.14. The van der Waals surface area contributed by atoms with Crippen molar-refractivity contribution in [1.82, 2.24) is 0 Å². The predicted molar refractivity (Wildman–Crippen MR) is 81.4 cm³/mol. The van der Waals surface area contributed by atoms with Crippen molar-refractivity contribution in [3.05, 3.63) is 0 Å². The molecule has 0 saturated carbocycles. The van der Waals surface area contributed by atoms with E-state index in [0.29, 0.717) is 10.7 Å². The van der Waals surface area contributed by atoms with E-state index >= 15 is 0 Å². The Labute approximate surface area is 118 Å². The molecule has 0 aromatic heterocycles. The number of rotatable bonds is 11. The van der Waals surface area contributed by atoms with E-state index in [4.69, 9.17) is 8.85 Å². The van der Waals surface area contributed by atoms with E-state index in [0.717, 1.165) is 37.9 Å². The zero-order valence-corrected chi connectivity index (χ0v) is 14.2. The summed E-state index contributed by atoms with van der Waals surface area (Å²) in [7, 11) is 1.98. The molecule has 0 rings (SSSR count). The molecule has 0 aliphatic carbocycles. The van der Waals surface area contributed by atoms with Gasteiger partial charge in [0.05, 0.1) is 0 Å². The van der Waals surface area contributed by atoms with Gasteiger partial charge in [-0.15, -0.1) is 0 Å². The molecule has 1 unspecified atom stereocenters. The standard InChI is InChI=1S/C13H28O3SSi/c1-5-6-7-10-13(14)17-11-8-9-12(2)18(15-3)16-4/h12,18H,5-11H2,1-4H3. The lowest BCUT2D eigenvalue weighted by Gasteiger charge is -2.18. The number of hydrogen-bond acceptors (Lipinski definition) is 4. The molecule has 0 heterocycles. The van der Waals surface area contributed by atoms with E-state index in [-0.39, 0.29) is 0 Å². The van der Waals surface area contributed by atoms with Crippen molar-refractivity contribution in [3.63, 3.8) is 0 Å². The minimum atomic E-state index is -1.47. The Morgan fingerprint density at radius 1 is 1.22 bits per heavy atom. The molecule has 0 radical (unpaired) electrons. The quantitative estimate of drug-likeness (QED) is 0.431. The van der Waals surface area contributed by atoms with E-state index in [1.165, 1.54) is 18.2 Å². The van der Waals surface area contributed by atoms with Crippen LogP contribution >= 0.6 is 11.8 Å². The zero-order chi connectivity index (χ0) is 13.8. The highest BCUT2D eigenvalue weighted by molar-refractivity contribution is 8.13. The largest absolute Gasteiger partial charge is 0.400 e. The van der Waals surface area contributed by atoms with Gasteiger partial charge in [0.1, 0.15) is 0 Å². The SMILES string of the molecule is CCCCCC(=O)SCCCC(C)[SiH](OC)OC. The monoisotopic (exact) mass is 292 g/mol. The van der Waals surface area contributed by atoms with Crippen molar-refractivity contribution in [2.45, 2.75) is 57.9 Å². The summed E-state index contributed by atoms with van der Waals surface area (Å²) in [5.74, 6) is 0.934. The lowest BCUT2D eigenvalue weighted by molar-refractivity contribution is -0.111. The summed E-state index contributed by atoms with van der Waals surface area (Å²) in [6, 6.07) is 0. The van der Waals surface area contributed by atoms with E-state index in [2.05, 4.69) is 13.8 Å². The molecule has 0 aromatic rings. The first-order valence-electron chi connectivity index (χ1n) is 6.86. The Morgan fingerprint density at radius 3 is 2.44 bits per heavy atom. The second-order valence-electron chi connectivity index (χ2n) is 4.64. The summed E-state index contributed by atoms with van der Waals surface area (Å²) in [5.41, 5.74) is 0.510. The highest BCUT2D eigenvalue weighted by Crippen LogP contribution is 2.20. The van der Waals surface area contributed by atoms with Crippen molar-refractivity contribution in [1.29, 1.82) is 0 Å². The number of hydrogen-bond donors (Lipinski definition) is 0. The molecule has 0 amide bonds. The Balaban J connectivity index is 3.51. The third-order valence-electron chi connectivity index (χ3n) is 2.98.